The fourth-order valence-corrected chi connectivity index (χ4v) is 2.54. The van der Waals surface area contributed by atoms with E-state index in [1.54, 1.807) is 0 Å². The highest BCUT2D eigenvalue weighted by Crippen LogP contribution is 2.27. The zero-order valence-electron chi connectivity index (χ0n) is 12.1. The van der Waals surface area contributed by atoms with E-state index in [1.807, 2.05) is 0 Å². The number of nitrogens with zero attached hydrogens (tertiary/aromatic N) is 2. The number of nitro groups is 1. The third kappa shape index (κ3) is 3.95. The van der Waals surface area contributed by atoms with Gasteiger partial charge in [0.15, 0.2) is 6.61 Å². The van der Waals surface area contributed by atoms with Gasteiger partial charge in [-0.05, 0) is 25.0 Å². The lowest BCUT2D eigenvalue weighted by Gasteiger charge is -2.31. The van der Waals surface area contributed by atoms with Crippen LogP contribution in [-0.2, 0) is 4.79 Å². The monoisotopic (exact) mass is 303 g/mol. The Kier molecular flexibility index (Phi) is 4.94. The Labute approximate surface area is 128 Å². The van der Waals surface area contributed by atoms with Crippen molar-refractivity contribution in [3.05, 3.63) is 34.4 Å². The Morgan fingerprint density at radius 2 is 1.95 bits per heavy atom. The third-order valence-corrected chi connectivity index (χ3v) is 3.72. The number of amides is 1. The van der Waals surface area contributed by atoms with Gasteiger partial charge in [-0.2, -0.15) is 5.26 Å². The second-order valence-electron chi connectivity index (χ2n) is 5.34. The summed E-state index contributed by atoms with van der Waals surface area (Å²) in [6.45, 7) is -0.221. The summed E-state index contributed by atoms with van der Waals surface area (Å²) in [7, 11) is 0. The Bertz CT molecular complexity index is 586. The molecule has 0 spiro atoms. The van der Waals surface area contributed by atoms with Gasteiger partial charge >= 0.3 is 0 Å². The smallest absolute Gasteiger partial charge is 0.269 e. The van der Waals surface area contributed by atoms with Crippen LogP contribution in [0.2, 0.25) is 0 Å². The predicted molar refractivity (Wildman–Crippen MR) is 78.2 cm³/mol. The SMILES string of the molecule is N#CC1(NC(=O)COc2ccc([N+](=O)[O-])cc2)CCCCC1. The summed E-state index contributed by atoms with van der Waals surface area (Å²) in [4.78, 5) is 22.0. The van der Waals surface area contributed by atoms with Crippen LogP contribution in [-0.4, -0.2) is 23.0 Å². The first-order chi connectivity index (χ1) is 10.5. The lowest BCUT2D eigenvalue weighted by Crippen LogP contribution is -2.50. The van der Waals surface area contributed by atoms with Crippen molar-refractivity contribution in [2.75, 3.05) is 6.61 Å². The average Bonchev–Trinajstić information content (AvgIpc) is 2.54. The first-order valence-electron chi connectivity index (χ1n) is 7.14. The van der Waals surface area contributed by atoms with E-state index >= 15 is 0 Å². The van der Waals surface area contributed by atoms with Gasteiger partial charge < -0.3 is 10.1 Å². The van der Waals surface area contributed by atoms with Crippen molar-refractivity contribution in [3.63, 3.8) is 0 Å². The molecule has 1 N–H and O–H groups in total. The van der Waals surface area contributed by atoms with Gasteiger partial charge in [-0.15, -0.1) is 0 Å². The summed E-state index contributed by atoms with van der Waals surface area (Å²) in [5.41, 5.74) is -0.823. The van der Waals surface area contributed by atoms with Crippen molar-refractivity contribution in [2.24, 2.45) is 0 Å². The van der Waals surface area contributed by atoms with Crippen molar-refractivity contribution in [1.82, 2.24) is 5.32 Å². The van der Waals surface area contributed by atoms with Gasteiger partial charge in [0.25, 0.3) is 11.6 Å². The molecule has 7 heteroatoms. The van der Waals surface area contributed by atoms with Crippen LogP contribution in [0.3, 0.4) is 0 Å². The molecule has 1 fully saturated rings. The molecule has 0 aliphatic heterocycles. The lowest BCUT2D eigenvalue weighted by molar-refractivity contribution is -0.384. The van der Waals surface area contributed by atoms with Crippen LogP contribution in [0.4, 0.5) is 5.69 Å². The molecule has 2 rings (SSSR count). The normalized spacial score (nSPS) is 16.3. The molecule has 0 unspecified atom stereocenters. The largest absolute Gasteiger partial charge is 0.484 e. The number of hydrogen-bond acceptors (Lipinski definition) is 5. The minimum absolute atomic E-state index is 0.0394. The van der Waals surface area contributed by atoms with Gasteiger partial charge in [0.1, 0.15) is 11.3 Å². The van der Waals surface area contributed by atoms with Crippen LogP contribution in [0.15, 0.2) is 24.3 Å². The molecule has 1 amide bonds. The number of ether oxygens (including phenoxy) is 1. The molecule has 1 aliphatic rings. The highest BCUT2D eigenvalue weighted by molar-refractivity contribution is 5.78. The maximum atomic E-state index is 11.9. The summed E-state index contributed by atoms with van der Waals surface area (Å²) >= 11 is 0. The van der Waals surface area contributed by atoms with E-state index in [-0.39, 0.29) is 18.2 Å². The Hall–Kier alpha value is -2.62. The summed E-state index contributed by atoms with van der Waals surface area (Å²) in [6, 6.07) is 7.70. The van der Waals surface area contributed by atoms with Crippen molar-refractivity contribution in [2.45, 2.75) is 37.6 Å². The standard InChI is InChI=1S/C15H17N3O4/c16-11-15(8-2-1-3-9-15)17-14(19)10-22-13-6-4-12(5-7-13)18(20)21/h4-7H,1-3,8-10H2,(H,17,19). The fraction of sp³-hybridized carbons (Fsp3) is 0.467. The number of nitro benzene ring substituents is 1. The quantitative estimate of drug-likeness (QED) is 0.663. The summed E-state index contributed by atoms with van der Waals surface area (Å²) < 4.78 is 5.29. The van der Waals surface area contributed by atoms with E-state index in [0.29, 0.717) is 18.6 Å². The molecular formula is C15H17N3O4. The molecule has 0 heterocycles. The number of carbonyl (C=O) groups excluding carboxylic acids is 1. The first kappa shape index (κ1) is 15.8. The maximum Gasteiger partial charge on any atom is 0.269 e. The van der Waals surface area contributed by atoms with E-state index in [9.17, 15) is 20.2 Å². The maximum absolute atomic E-state index is 11.9. The van der Waals surface area contributed by atoms with Crippen LogP contribution in [0.25, 0.3) is 0 Å². The molecule has 116 valence electrons. The van der Waals surface area contributed by atoms with E-state index in [0.717, 1.165) is 19.3 Å². The fourth-order valence-electron chi connectivity index (χ4n) is 2.54. The molecule has 0 aromatic heterocycles. The zero-order valence-corrected chi connectivity index (χ0v) is 12.1. The van der Waals surface area contributed by atoms with Crippen LogP contribution in [0.5, 0.6) is 5.75 Å². The molecule has 1 aliphatic carbocycles. The van der Waals surface area contributed by atoms with Gasteiger partial charge in [-0.25, -0.2) is 0 Å². The van der Waals surface area contributed by atoms with Gasteiger partial charge in [-0.1, -0.05) is 19.3 Å². The van der Waals surface area contributed by atoms with Gasteiger partial charge in [-0.3, -0.25) is 14.9 Å². The van der Waals surface area contributed by atoms with Crippen LogP contribution in [0, 0.1) is 21.4 Å². The number of rotatable bonds is 5. The molecule has 0 radical (unpaired) electrons. The molecule has 0 atom stereocenters. The molecule has 0 bridgehead atoms. The van der Waals surface area contributed by atoms with Crippen LogP contribution < -0.4 is 10.1 Å². The minimum Gasteiger partial charge on any atom is -0.484 e. The highest BCUT2D eigenvalue weighted by Gasteiger charge is 2.33. The number of hydrogen-bond donors (Lipinski definition) is 1. The van der Waals surface area contributed by atoms with E-state index < -0.39 is 10.5 Å². The summed E-state index contributed by atoms with van der Waals surface area (Å²) in [5.74, 6) is 0.0113. The molecule has 1 aromatic rings. The second kappa shape index (κ2) is 6.89. The van der Waals surface area contributed by atoms with E-state index in [4.69, 9.17) is 4.74 Å². The highest BCUT2D eigenvalue weighted by atomic mass is 16.6. The molecular weight excluding hydrogens is 286 g/mol. The topological polar surface area (TPSA) is 105 Å². The van der Waals surface area contributed by atoms with Crippen molar-refractivity contribution in [3.8, 4) is 11.8 Å². The third-order valence-electron chi connectivity index (χ3n) is 3.72. The molecule has 1 saturated carbocycles. The van der Waals surface area contributed by atoms with E-state index in [2.05, 4.69) is 11.4 Å². The zero-order chi connectivity index (χ0) is 16.0. The average molecular weight is 303 g/mol. The molecule has 1 aromatic carbocycles. The number of non-ortho nitro benzene ring substituents is 1. The van der Waals surface area contributed by atoms with Crippen LogP contribution in [0.1, 0.15) is 32.1 Å². The van der Waals surface area contributed by atoms with Crippen molar-refractivity contribution >= 4 is 11.6 Å². The Morgan fingerprint density at radius 1 is 1.32 bits per heavy atom. The Morgan fingerprint density at radius 3 is 2.50 bits per heavy atom. The summed E-state index contributed by atoms with van der Waals surface area (Å²) in [6.07, 6.45) is 4.26. The first-order valence-corrected chi connectivity index (χ1v) is 7.14. The van der Waals surface area contributed by atoms with Gasteiger partial charge in [0.2, 0.25) is 0 Å². The number of nitriles is 1. The van der Waals surface area contributed by atoms with Crippen molar-refractivity contribution in [1.29, 1.82) is 5.26 Å². The molecule has 22 heavy (non-hydrogen) atoms. The van der Waals surface area contributed by atoms with Crippen molar-refractivity contribution < 1.29 is 14.5 Å². The second-order valence-corrected chi connectivity index (χ2v) is 5.34. The minimum atomic E-state index is -0.784. The Balaban J connectivity index is 1.87. The van der Waals surface area contributed by atoms with Crippen LogP contribution >= 0.6 is 0 Å². The number of benzene rings is 1. The van der Waals surface area contributed by atoms with Gasteiger partial charge in [0, 0.05) is 12.1 Å². The molecule has 0 saturated heterocycles. The predicted octanol–water partition coefficient (Wildman–Crippen LogP) is 2.32. The number of nitrogens with one attached hydrogen (secondary N) is 1. The summed E-state index contributed by atoms with van der Waals surface area (Å²) in [5, 5.41) is 22.6. The molecule has 7 nitrogen and oxygen atoms in total. The van der Waals surface area contributed by atoms with E-state index in [1.165, 1.54) is 24.3 Å². The van der Waals surface area contributed by atoms with Gasteiger partial charge in [0.05, 0.1) is 11.0 Å². The number of carbonyl (C=O) groups is 1. The lowest BCUT2D eigenvalue weighted by atomic mass is 9.83.